The van der Waals surface area contributed by atoms with Crippen molar-refractivity contribution in [3.8, 4) is 0 Å². The standard InChI is InChI=1S/C18H19N3O2/c1-13-8-9-16-19-15(10-14-6-4-3-5-7-14)18(21(16)11-13)20-17(22)12-23-2/h3-9,11H,10,12H2,1-2H3,(H,20,22). The van der Waals surface area contributed by atoms with Crippen LogP contribution in [0.1, 0.15) is 16.8 Å². The van der Waals surface area contributed by atoms with E-state index in [0.29, 0.717) is 12.2 Å². The van der Waals surface area contributed by atoms with Crippen molar-refractivity contribution < 1.29 is 9.53 Å². The molecule has 1 aromatic carbocycles. The Kier molecular flexibility index (Phi) is 4.39. The van der Waals surface area contributed by atoms with E-state index in [0.717, 1.165) is 22.5 Å². The molecule has 118 valence electrons. The number of carbonyl (C=O) groups excluding carboxylic acids is 1. The predicted octanol–water partition coefficient (Wildman–Crippen LogP) is 2.82. The van der Waals surface area contributed by atoms with Crippen LogP contribution in [0.2, 0.25) is 0 Å². The van der Waals surface area contributed by atoms with Crippen LogP contribution in [-0.4, -0.2) is 29.0 Å². The maximum absolute atomic E-state index is 12.0. The lowest BCUT2D eigenvalue weighted by molar-refractivity contribution is -0.119. The summed E-state index contributed by atoms with van der Waals surface area (Å²) in [6, 6.07) is 14.0. The minimum atomic E-state index is -0.190. The van der Waals surface area contributed by atoms with Gasteiger partial charge in [0.05, 0.1) is 5.69 Å². The Bertz CT molecular complexity index is 825. The Morgan fingerprint density at radius 3 is 2.74 bits per heavy atom. The highest BCUT2D eigenvalue weighted by Crippen LogP contribution is 2.22. The maximum Gasteiger partial charge on any atom is 0.251 e. The van der Waals surface area contributed by atoms with Gasteiger partial charge >= 0.3 is 0 Å². The molecule has 0 aliphatic heterocycles. The third-order valence-corrected chi connectivity index (χ3v) is 3.59. The van der Waals surface area contributed by atoms with E-state index in [4.69, 9.17) is 4.74 Å². The van der Waals surface area contributed by atoms with Gasteiger partial charge in [0.1, 0.15) is 18.1 Å². The molecule has 0 fully saturated rings. The molecule has 0 atom stereocenters. The number of rotatable bonds is 5. The average Bonchev–Trinajstić information content (AvgIpc) is 2.86. The van der Waals surface area contributed by atoms with Crippen LogP contribution in [-0.2, 0) is 16.0 Å². The molecule has 0 saturated carbocycles. The number of benzene rings is 1. The Balaban J connectivity index is 2.03. The molecule has 2 aromatic heterocycles. The van der Waals surface area contributed by atoms with Crippen LogP contribution in [0, 0.1) is 6.92 Å². The number of anilines is 1. The molecular weight excluding hydrogens is 290 g/mol. The van der Waals surface area contributed by atoms with Gasteiger partial charge in [-0.1, -0.05) is 36.4 Å². The fraction of sp³-hybridized carbons (Fsp3) is 0.222. The average molecular weight is 309 g/mol. The number of amides is 1. The van der Waals surface area contributed by atoms with Gasteiger partial charge in [0.15, 0.2) is 0 Å². The molecule has 2 heterocycles. The van der Waals surface area contributed by atoms with Crippen molar-refractivity contribution in [3.05, 3.63) is 65.5 Å². The number of pyridine rings is 1. The zero-order valence-electron chi connectivity index (χ0n) is 13.2. The summed E-state index contributed by atoms with van der Waals surface area (Å²) in [5.41, 5.74) is 3.90. The highest BCUT2D eigenvalue weighted by molar-refractivity contribution is 5.92. The van der Waals surface area contributed by atoms with Gasteiger partial charge in [0.2, 0.25) is 0 Å². The lowest BCUT2D eigenvalue weighted by Crippen LogP contribution is -2.19. The summed E-state index contributed by atoms with van der Waals surface area (Å²) in [7, 11) is 1.50. The molecule has 0 spiro atoms. The van der Waals surface area contributed by atoms with Crippen LogP contribution in [0.15, 0.2) is 48.7 Å². The van der Waals surface area contributed by atoms with Gasteiger partial charge in [0.25, 0.3) is 5.91 Å². The summed E-state index contributed by atoms with van der Waals surface area (Å²) in [5, 5.41) is 2.92. The first kappa shape index (κ1) is 15.2. The van der Waals surface area contributed by atoms with Crippen molar-refractivity contribution >= 4 is 17.4 Å². The van der Waals surface area contributed by atoms with Gasteiger partial charge in [0, 0.05) is 19.7 Å². The van der Waals surface area contributed by atoms with Crippen molar-refractivity contribution in [1.82, 2.24) is 9.38 Å². The van der Waals surface area contributed by atoms with Gasteiger partial charge in [-0.05, 0) is 24.1 Å². The summed E-state index contributed by atoms with van der Waals surface area (Å²) < 4.78 is 6.82. The number of carbonyl (C=O) groups is 1. The van der Waals surface area contributed by atoms with Gasteiger partial charge < -0.3 is 10.1 Å². The Morgan fingerprint density at radius 2 is 2.00 bits per heavy atom. The van der Waals surface area contributed by atoms with Gasteiger partial charge in [-0.15, -0.1) is 0 Å². The lowest BCUT2D eigenvalue weighted by Gasteiger charge is -2.08. The minimum Gasteiger partial charge on any atom is -0.375 e. The molecule has 3 aromatic rings. The highest BCUT2D eigenvalue weighted by atomic mass is 16.5. The normalized spacial score (nSPS) is 10.9. The summed E-state index contributed by atoms with van der Waals surface area (Å²) in [6.07, 6.45) is 2.63. The first-order chi connectivity index (χ1) is 11.2. The molecule has 0 aliphatic rings. The lowest BCUT2D eigenvalue weighted by atomic mass is 10.1. The number of nitrogens with zero attached hydrogens (tertiary/aromatic N) is 2. The second kappa shape index (κ2) is 6.62. The number of aryl methyl sites for hydroxylation is 1. The van der Waals surface area contributed by atoms with E-state index in [2.05, 4.69) is 22.4 Å². The van der Waals surface area contributed by atoms with Crippen molar-refractivity contribution in [2.24, 2.45) is 0 Å². The molecule has 0 aliphatic carbocycles. The van der Waals surface area contributed by atoms with E-state index < -0.39 is 0 Å². The molecule has 0 saturated heterocycles. The number of aromatic nitrogens is 2. The van der Waals surface area contributed by atoms with Gasteiger partial charge in [-0.2, -0.15) is 0 Å². The fourth-order valence-electron chi connectivity index (χ4n) is 2.54. The topological polar surface area (TPSA) is 55.6 Å². The van der Waals surface area contributed by atoms with E-state index in [-0.39, 0.29) is 12.5 Å². The smallest absolute Gasteiger partial charge is 0.251 e. The quantitative estimate of drug-likeness (QED) is 0.788. The second-order valence-corrected chi connectivity index (χ2v) is 5.49. The zero-order chi connectivity index (χ0) is 16.2. The molecule has 3 rings (SSSR count). The molecule has 1 amide bonds. The molecule has 1 N–H and O–H groups in total. The molecule has 0 bridgehead atoms. The highest BCUT2D eigenvalue weighted by Gasteiger charge is 2.15. The van der Waals surface area contributed by atoms with Crippen LogP contribution in [0.3, 0.4) is 0 Å². The van der Waals surface area contributed by atoms with Crippen LogP contribution < -0.4 is 5.32 Å². The predicted molar refractivity (Wildman–Crippen MR) is 89.7 cm³/mol. The molecule has 0 radical (unpaired) electrons. The summed E-state index contributed by atoms with van der Waals surface area (Å²) in [5.74, 6) is 0.514. The number of methoxy groups -OCH3 is 1. The molecule has 0 unspecified atom stereocenters. The Labute approximate surface area is 134 Å². The molecular formula is C18H19N3O2. The second-order valence-electron chi connectivity index (χ2n) is 5.49. The third kappa shape index (κ3) is 3.40. The fourth-order valence-corrected chi connectivity index (χ4v) is 2.54. The van der Waals surface area contributed by atoms with Crippen LogP contribution in [0.25, 0.3) is 5.65 Å². The van der Waals surface area contributed by atoms with E-state index in [9.17, 15) is 4.79 Å². The molecule has 23 heavy (non-hydrogen) atoms. The number of ether oxygens (including phenoxy) is 1. The minimum absolute atomic E-state index is 0.0177. The Hall–Kier alpha value is -2.66. The maximum atomic E-state index is 12.0. The number of nitrogens with one attached hydrogen (secondary N) is 1. The van der Waals surface area contributed by atoms with Crippen LogP contribution >= 0.6 is 0 Å². The first-order valence-electron chi connectivity index (χ1n) is 7.47. The largest absolute Gasteiger partial charge is 0.375 e. The monoisotopic (exact) mass is 309 g/mol. The summed E-state index contributed by atoms with van der Waals surface area (Å²) in [6.45, 7) is 2.03. The van der Waals surface area contributed by atoms with E-state index in [1.54, 1.807) is 0 Å². The van der Waals surface area contributed by atoms with Gasteiger partial charge in [-0.3, -0.25) is 9.20 Å². The van der Waals surface area contributed by atoms with Crippen molar-refractivity contribution in [1.29, 1.82) is 0 Å². The van der Waals surface area contributed by atoms with Crippen molar-refractivity contribution in [2.75, 3.05) is 19.0 Å². The SMILES string of the molecule is COCC(=O)Nc1c(Cc2ccccc2)nc2ccc(C)cn12. The van der Waals surface area contributed by atoms with E-state index in [1.807, 2.05) is 47.9 Å². The molecule has 5 nitrogen and oxygen atoms in total. The number of hydrogen-bond acceptors (Lipinski definition) is 3. The zero-order valence-corrected chi connectivity index (χ0v) is 13.2. The first-order valence-corrected chi connectivity index (χ1v) is 7.47. The van der Waals surface area contributed by atoms with Crippen molar-refractivity contribution in [2.45, 2.75) is 13.3 Å². The van der Waals surface area contributed by atoms with Gasteiger partial charge in [-0.25, -0.2) is 4.98 Å². The van der Waals surface area contributed by atoms with E-state index >= 15 is 0 Å². The summed E-state index contributed by atoms with van der Waals surface area (Å²) in [4.78, 5) is 16.6. The Morgan fingerprint density at radius 1 is 1.22 bits per heavy atom. The third-order valence-electron chi connectivity index (χ3n) is 3.59. The van der Waals surface area contributed by atoms with Crippen LogP contribution in [0.5, 0.6) is 0 Å². The molecule has 5 heteroatoms. The summed E-state index contributed by atoms with van der Waals surface area (Å²) >= 11 is 0. The van der Waals surface area contributed by atoms with Crippen LogP contribution in [0.4, 0.5) is 5.82 Å². The van der Waals surface area contributed by atoms with Crippen molar-refractivity contribution in [3.63, 3.8) is 0 Å². The van der Waals surface area contributed by atoms with E-state index in [1.165, 1.54) is 7.11 Å². The number of imidazole rings is 1. The number of fused-ring (bicyclic) bond motifs is 1. The number of hydrogen-bond donors (Lipinski definition) is 1.